The molecule has 0 aromatic carbocycles. The molecule has 0 aliphatic carbocycles. The van der Waals surface area contributed by atoms with Gasteiger partial charge in [0.1, 0.15) is 0 Å². The molecule has 0 unspecified atom stereocenters. The maximum absolute atomic E-state index is 10.6. The van der Waals surface area contributed by atoms with E-state index in [4.69, 9.17) is 0 Å². The van der Waals surface area contributed by atoms with Crippen LogP contribution in [0, 0.1) is 0 Å². The molecule has 0 saturated carbocycles. The molecule has 0 N–H and O–H groups in total. The van der Waals surface area contributed by atoms with Crippen LogP contribution in [0.5, 0.6) is 0 Å². The van der Waals surface area contributed by atoms with E-state index in [0.717, 1.165) is 0 Å². The average Bonchev–Trinajstić information content (AvgIpc) is 2.20. The molecule has 1 rings (SSSR count). The number of imide groups is 1. The molecule has 1 aliphatic heterocycles. The fraction of sp³-hybridized carbons (Fsp3) is 0.400. The molecular weight excluding hydrogens is 138 g/mol. The van der Waals surface area contributed by atoms with Crippen LogP contribution >= 0.6 is 0 Å². The molecule has 1 fully saturated rings. The summed E-state index contributed by atoms with van der Waals surface area (Å²) in [4.78, 5) is 35.0. The standard InChI is InChI=1S/C5H5NO4/c7-3-10-6-4(8)1-2-5(6)9/h3H,1-2H2. The lowest BCUT2D eigenvalue weighted by Gasteiger charge is -2.06. The molecule has 54 valence electrons. The zero-order valence-electron chi connectivity index (χ0n) is 5.07. The molecule has 10 heavy (non-hydrogen) atoms. The first kappa shape index (κ1) is 6.73. The summed E-state index contributed by atoms with van der Waals surface area (Å²) in [6, 6.07) is 0. The second kappa shape index (κ2) is 2.47. The largest absolute Gasteiger partial charge is 0.334 e. The van der Waals surface area contributed by atoms with Gasteiger partial charge in [-0.15, -0.1) is 5.06 Å². The van der Waals surface area contributed by atoms with Crippen molar-refractivity contribution in [1.29, 1.82) is 0 Å². The monoisotopic (exact) mass is 143 g/mol. The first-order chi connectivity index (χ1) is 4.75. The van der Waals surface area contributed by atoms with Crippen LogP contribution in [-0.4, -0.2) is 23.3 Å². The number of carbonyl (C=O) groups is 3. The van der Waals surface area contributed by atoms with Crippen molar-refractivity contribution in [2.75, 3.05) is 0 Å². The Balaban J connectivity index is 2.62. The van der Waals surface area contributed by atoms with E-state index in [-0.39, 0.29) is 19.3 Å². The fourth-order valence-electron chi connectivity index (χ4n) is 0.717. The van der Waals surface area contributed by atoms with E-state index in [1.165, 1.54) is 0 Å². The van der Waals surface area contributed by atoms with E-state index >= 15 is 0 Å². The van der Waals surface area contributed by atoms with Crippen molar-refractivity contribution < 1.29 is 19.2 Å². The van der Waals surface area contributed by atoms with Gasteiger partial charge in [-0.25, -0.2) is 0 Å². The number of hydrogen-bond donors (Lipinski definition) is 0. The summed E-state index contributed by atoms with van der Waals surface area (Å²) in [5, 5.41) is 0.479. The summed E-state index contributed by atoms with van der Waals surface area (Å²) in [6.07, 6.45) is 0.263. The Morgan fingerprint density at radius 3 is 2.20 bits per heavy atom. The minimum atomic E-state index is -0.461. The molecule has 5 heteroatoms. The number of amides is 2. The summed E-state index contributed by atoms with van der Waals surface area (Å²) < 4.78 is 0. The second-order valence-electron chi connectivity index (χ2n) is 1.78. The molecule has 0 spiro atoms. The smallest absolute Gasteiger partial charge is 0.321 e. The number of rotatable bonds is 2. The van der Waals surface area contributed by atoms with Crippen molar-refractivity contribution in [3.63, 3.8) is 0 Å². The van der Waals surface area contributed by atoms with Gasteiger partial charge in [0.2, 0.25) is 0 Å². The Morgan fingerprint density at radius 2 is 1.80 bits per heavy atom. The van der Waals surface area contributed by atoms with E-state index in [2.05, 4.69) is 4.84 Å². The molecule has 1 heterocycles. The van der Waals surface area contributed by atoms with Gasteiger partial charge >= 0.3 is 6.47 Å². The lowest BCUT2D eigenvalue weighted by atomic mass is 10.4. The summed E-state index contributed by atoms with van der Waals surface area (Å²) in [7, 11) is 0. The number of hydrogen-bond acceptors (Lipinski definition) is 4. The van der Waals surface area contributed by atoms with Gasteiger partial charge in [-0.05, 0) is 0 Å². The van der Waals surface area contributed by atoms with Crippen molar-refractivity contribution in [3.05, 3.63) is 0 Å². The highest BCUT2D eigenvalue weighted by Crippen LogP contribution is 2.10. The summed E-state index contributed by atoms with van der Waals surface area (Å²) in [5.41, 5.74) is 0. The highest BCUT2D eigenvalue weighted by molar-refractivity contribution is 6.01. The van der Waals surface area contributed by atoms with Crippen molar-refractivity contribution in [2.24, 2.45) is 0 Å². The Hall–Kier alpha value is -1.39. The third kappa shape index (κ3) is 0.975. The van der Waals surface area contributed by atoms with E-state index in [0.29, 0.717) is 5.06 Å². The molecule has 0 aromatic rings. The topological polar surface area (TPSA) is 63.7 Å². The maximum Gasteiger partial charge on any atom is 0.321 e. The molecule has 5 nitrogen and oxygen atoms in total. The Kier molecular flexibility index (Phi) is 1.66. The Labute approximate surface area is 56.5 Å². The quantitative estimate of drug-likeness (QED) is 0.376. The predicted octanol–water partition coefficient (Wildman–Crippen LogP) is -0.777. The molecular formula is C5H5NO4. The van der Waals surface area contributed by atoms with Crippen molar-refractivity contribution in [2.45, 2.75) is 12.8 Å². The van der Waals surface area contributed by atoms with Crippen LogP contribution in [0.1, 0.15) is 12.8 Å². The number of nitrogens with zero attached hydrogens (tertiary/aromatic N) is 1. The number of hydroxylamine groups is 2. The molecule has 2 amide bonds. The fourth-order valence-corrected chi connectivity index (χ4v) is 0.717. The predicted molar refractivity (Wildman–Crippen MR) is 28.2 cm³/mol. The first-order valence-corrected chi connectivity index (χ1v) is 2.72. The van der Waals surface area contributed by atoms with E-state index < -0.39 is 11.8 Å². The third-order valence-electron chi connectivity index (χ3n) is 1.15. The minimum absolute atomic E-state index is 0.0567. The van der Waals surface area contributed by atoms with Crippen LogP contribution in [0.25, 0.3) is 0 Å². The third-order valence-corrected chi connectivity index (χ3v) is 1.15. The van der Waals surface area contributed by atoms with Crippen molar-refractivity contribution in [3.8, 4) is 0 Å². The van der Waals surface area contributed by atoms with E-state index in [1.807, 2.05) is 0 Å². The molecule has 1 aliphatic rings. The lowest BCUT2D eigenvalue weighted by molar-refractivity contribution is -0.188. The normalized spacial score (nSPS) is 17.8. The van der Waals surface area contributed by atoms with E-state index in [1.54, 1.807) is 0 Å². The molecule has 0 bridgehead atoms. The summed E-state index contributed by atoms with van der Waals surface area (Å²) >= 11 is 0. The van der Waals surface area contributed by atoms with Gasteiger partial charge in [-0.3, -0.25) is 14.4 Å². The van der Waals surface area contributed by atoms with Crippen LogP contribution in [0.15, 0.2) is 0 Å². The zero-order chi connectivity index (χ0) is 7.56. The van der Waals surface area contributed by atoms with E-state index in [9.17, 15) is 14.4 Å². The molecule has 1 saturated heterocycles. The SMILES string of the molecule is O=CON1C(=O)CCC1=O. The van der Waals surface area contributed by atoms with Crippen LogP contribution in [-0.2, 0) is 19.2 Å². The summed E-state index contributed by atoms with van der Waals surface area (Å²) in [5.74, 6) is -0.922. The highest BCUT2D eigenvalue weighted by Gasteiger charge is 2.30. The summed E-state index contributed by atoms with van der Waals surface area (Å²) in [6.45, 7) is 0.0567. The highest BCUT2D eigenvalue weighted by atomic mass is 16.7. The minimum Gasteiger partial charge on any atom is -0.334 e. The van der Waals surface area contributed by atoms with Gasteiger partial charge in [-0.2, -0.15) is 0 Å². The van der Waals surface area contributed by atoms with Gasteiger partial charge in [0.15, 0.2) is 0 Å². The maximum atomic E-state index is 10.6. The second-order valence-corrected chi connectivity index (χ2v) is 1.78. The molecule has 0 atom stereocenters. The van der Waals surface area contributed by atoms with Gasteiger partial charge in [0, 0.05) is 12.8 Å². The lowest BCUT2D eigenvalue weighted by Crippen LogP contribution is -2.28. The molecule has 0 aromatic heterocycles. The Morgan fingerprint density at radius 1 is 1.30 bits per heavy atom. The van der Waals surface area contributed by atoms with Crippen molar-refractivity contribution >= 4 is 18.3 Å². The van der Waals surface area contributed by atoms with Gasteiger partial charge < -0.3 is 4.84 Å². The van der Waals surface area contributed by atoms with Gasteiger partial charge in [0.25, 0.3) is 11.8 Å². The average molecular weight is 143 g/mol. The van der Waals surface area contributed by atoms with Gasteiger partial charge in [-0.1, -0.05) is 0 Å². The molecule has 0 radical (unpaired) electrons. The van der Waals surface area contributed by atoms with Gasteiger partial charge in [0.05, 0.1) is 0 Å². The van der Waals surface area contributed by atoms with Crippen molar-refractivity contribution in [1.82, 2.24) is 5.06 Å². The number of carbonyl (C=O) groups excluding carboxylic acids is 3. The van der Waals surface area contributed by atoms with Crippen LogP contribution < -0.4 is 0 Å². The van der Waals surface area contributed by atoms with Crippen LogP contribution in [0.4, 0.5) is 0 Å². The first-order valence-electron chi connectivity index (χ1n) is 2.72. The Bertz CT molecular complexity index is 172. The van der Waals surface area contributed by atoms with Crippen LogP contribution in [0.3, 0.4) is 0 Å². The van der Waals surface area contributed by atoms with Crippen LogP contribution in [0.2, 0.25) is 0 Å². The zero-order valence-corrected chi connectivity index (χ0v) is 5.07.